The minimum absolute atomic E-state index is 0.412. The number of aliphatic hydroxyl groups excluding tert-OH is 1. The van der Waals surface area contributed by atoms with Gasteiger partial charge in [-0.1, -0.05) is 12.8 Å². The third-order valence-electron chi connectivity index (χ3n) is 2.46. The first kappa shape index (κ1) is 11.8. The van der Waals surface area contributed by atoms with E-state index in [1.807, 2.05) is 4.72 Å². The van der Waals surface area contributed by atoms with Gasteiger partial charge in [-0.3, -0.25) is 0 Å². The predicted octanol–water partition coefficient (Wildman–Crippen LogP) is 0.433. The van der Waals surface area contributed by atoms with Gasteiger partial charge in [-0.2, -0.15) is 8.78 Å². The van der Waals surface area contributed by atoms with Crippen LogP contribution in [0.5, 0.6) is 0 Å². The molecule has 1 aliphatic rings. The van der Waals surface area contributed by atoms with E-state index in [0.29, 0.717) is 12.8 Å². The maximum absolute atomic E-state index is 12.0. The molecular weight excluding hydrogens is 216 g/mol. The van der Waals surface area contributed by atoms with Crippen LogP contribution in [0.15, 0.2) is 0 Å². The van der Waals surface area contributed by atoms with Gasteiger partial charge in [0, 0.05) is 0 Å². The smallest absolute Gasteiger partial charge is 0.350 e. The summed E-state index contributed by atoms with van der Waals surface area (Å²) in [6.45, 7) is -0.432. The normalized spacial score (nSPS) is 21.7. The molecule has 0 bridgehead atoms. The van der Waals surface area contributed by atoms with E-state index in [2.05, 4.69) is 0 Å². The summed E-state index contributed by atoms with van der Waals surface area (Å²) >= 11 is 0. The van der Waals surface area contributed by atoms with E-state index >= 15 is 0 Å². The Bertz CT molecular complexity index is 285. The summed E-state index contributed by atoms with van der Waals surface area (Å²) < 4.78 is 47.7. The highest BCUT2D eigenvalue weighted by atomic mass is 32.2. The van der Waals surface area contributed by atoms with E-state index in [-0.39, 0.29) is 0 Å². The van der Waals surface area contributed by atoms with E-state index in [1.165, 1.54) is 0 Å². The van der Waals surface area contributed by atoms with Gasteiger partial charge in [0.15, 0.2) is 0 Å². The molecule has 1 fully saturated rings. The summed E-state index contributed by atoms with van der Waals surface area (Å²) in [5.74, 6) is -3.44. The molecule has 7 heteroatoms. The van der Waals surface area contributed by atoms with Crippen LogP contribution in [0.1, 0.15) is 25.7 Å². The highest BCUT2D eigenvalue weighted by Crippen LogP contribution is 2.30. The molecule has 0 atom stereocenters. The Kier molecular flexibility index (Phi) is 3.44. The van der Waals surface area contributed by atoms with Crippen molar-refractivity contribution >= 4 is 10.0 Å². The van der Waals surface area contributed by atoms with Gasteiger partial charge in [-0.25, -0.2) is 13.1 Å². The van der Waals surface area contributed by atoms with Crippen molar-refractivity contribution in [1.29, 1.82) is 0 Å². The van der Waals surface area contributed by atoms with Crippen molar-refractivity contribution in [2.75, 3.05) is 6.61 Å². The third-order valence-corrected chi connectivity index (χ3v) is 3.64. The zero-order chi connectivity index (χ0) is 10.8. The second kappa shape index (κ2) is 4.08. The summed E-state index contributed by atoms with van der Waals surface area (Å²) in [7, 11) is -4.60. The quantitative estimate of drug-likeness (QED) is 0.734. The van der Waals surface area contributed by atoms with Crippen molar-refractivity contribution < 1.29 is 22.3 Å². The first-order chi connectivity index (χ1) is 6.42. The first-order valence-corrected chi connectivity index (χ1v) is 5.88. The van der Waals surface area contributed by atoms with Gasteiger partial charge in [-0.15, -0.1) is 0 Å². The molecule has 0 spiro atoms. The van der Waals surface area contributed by atoms with E-state index < -0.39 is 27.9 Å². The van der Waals surface area contributed by atoms with Gasteiger partial charge >= 0.3 is 5.76 Å². The molecule has 0 aliphatic heterocycles. The lowest BCUT2D eigenvalue weighted by atomic mass is 10.0. The molecule has 0 aromatic carbocycles. The molecule has 0 saturated heterocycles. The number of nitrogens with one attached hydrogen (secondary N) is 1. The molecule has 0 amide bonds. The number of rotatable bonds is 4. The summed E-state index contributed by atoms with van der Waals surface area (Å²) in [6.07, 6.45) is 2.31. The van der Waals surface area contributed by atoms with Crippen LogP contribution in [0.25, 0.3) is 0 Å². The summed E-state index contributed by atoms with van der Waals surface area (Å²) in [5, 5.41) is 8.99. The number of hydrogen-bond acceptors (Lipinski definition) is 3. The minimum atomic E-state index is -4.60. The van der Waals surface area contributed by atoms with Gasteiger partial charge in [0.25, 0.3) is 10.0 Å². The predicted molar refractivity (Wildman–Crippen MR) is 46.3 cm³/mol. The molecule has 4 nitrogen and oxygen atoms in total. The van der Waals surface area contributed by atoms with Crippen LogP contribution >= 0.6 is 0 Å². The lowest BCUT2D eigenvalue weighted by molar-refractivity contribution is 0.177. The number of aliphatic hydroxyl groups is 1. The van der Waals surface area contributed by atoms with Crippen molar-refractivity contribution in [3.63, 3.8) is 0 Å². The fourth-order valence-corrected chi connectivity index (χ4v) is 2.65. The zero-order valence-electron chi connectivity index (χ0n) is 7.54. The average Bonchev–Trinajstić information content (AvgIpc) is 2.53. The third kappa shape index (κ3) is 2.40. The van der Waals surface area contributed by atoms with Crippen LogP contribution in [0.2, 0.25) is 0 Å². The zero-order valence-corrected chi connectivity index (χ0v) is 8.36. The van der Waals surface area contributed by atoms with Gasteiger partial charge in [0.2, 0.25) is 0 Å². The molecule has 0 heterocycles. The molecule has 0 aromatic heterocycles. The first-order valence-electron chi connectivity index (χ1n) is 4.34. The van der Waals surface area contributed by atoms with Crippen LogP contribution in [-0.4, -0.2) is 31.4 Å². The fourth-order valence-electron chi connectivity index (χ4n) is 1.69. The highest BCUT2D eigenvalue weighted by molar-refractivity contribution is 7.89. The molecule has 0 unspecified atom stereocenters. The van der Waals surface area contributed by atoms with Gasteiger partial charge in [0.05, 0.1) is 12.1 Å². The highest BCUT2D eigenvalue weighted by Gasteiger charge is 2.39. The molecule has 0 radical (unpaired) electrons. The maximum atomic E-state index is 12.0. The second-order valence-corrected chi connectivity index (χ2v) is 5.20. The number of hydrogen-bond donors (Lipinski definition) is 2. The largest absolute Gasteiger partial charge is 0.394 e. The second-order valence-electron chi connectivity index (χ2n) is 3.55. The molecule has 1 aliphatic carbocycles. The standard InChI is InChI=1S/C7H13F2NO3S/c8-6(9)14(12,13)10-7(5-11)3-1-2-4-7/h6,10-11H,1-5H2. The van der Waals surface area contributed by atoms with E-state index in [0.717, 1.165) is 12.8 Å². The van der Waals surface area contributed by atoms with Crippen molar-refractivity contribution in [3.8, 4) is 0 Å². The monoisotopic (exact) mass is 229 g/mol. The van der Waals surface area contributed by atoms with Crippen LogP contribution < -0.4 is 4.72 Å². The number of sulfonamides is 1. The molecule has 1 saturated carbocycles. The summed E-state index contributed by atoms with van der Waals surface area (Å²) in [4.78, 5) is 0. The van der Waals surface area contributed by atoms with Crippen LogP contribution in [0.3, 0.4) is 0 Å². The number of alkyl halides is 2. The van der Waals surface area contributed by atoms with Crippen molar-refractivity contribution in [3.05, 3.63) is 0 Å². The molecule has 84 valence electrons. The van der Waals surface area contributed by atoms with E-state index in [4.69, 9.17) is 5.11 Å². The van der Waals surface area contributed by atoms with Crippen molar-refractivity contribution in [2.24, 2.45) is 0 Å². The summed E-state index contributed by atoms with van der Waals surface area (Å²) in [5.41, 5.74) is -1.06. The SMILES string of the molecule is O=S(=O)(NC1(CO)CCCC1)C(F)F. The van der Waals surface area contributed by atoms with Crippen molar-refractivity contribution in [2.45, 2.75) is 37.0 Å². The van der Waals surface area contributed by atoms with E-state index in [9.17, 15) is 17.2 Å². The van der Waals surface area contributed by atoms with Gasteiger partial charge < -0.3 is 5.11 Å². The Morgan fingerprint density at radius 1 is 1.36 bits per heavy atom. The van der Waals surface area contributed by atoms with Gasteiger partial charge in [0.1, 0.15) is 0 Å². The minimum Gasteiger partial charge on any atom is -0.394 e. The Balaban J connectivity index is 2.75. The topological polar surface area (TPSA) is 66.4 Å². The molecule has 14 heavy (non-hydrogen) atoms. The maximum Gasteiger partial charge on any atom is 0.350 e. The summed E-state index contributed by atoms with van der Waals surface area (Å²) in [6, 6.07) is 0. The van der Waals surface area contributed by atoms with E-state index in [1.54, 1.807) is 0 Å². The Hall–Kier alpha value is -0.270. The number of halogens is 2. The Morgan fingerprint density at radius 3 is 2.21 bits per heavy atom. The van der Waals surface area contributed by atoms with Gasteiger partial charge in [-0.05, 0) is 12.8 Å². The molecule has 2 N–H and O–H groups in total. The Morgan fingerprint density at radius 2 is 1.86 bits per heavy atom. The lowest BCUT2D eigenvalue weighted by Gasteiger charge is -2.27. The molecule has 1 rings (SSSR count). The van der Waals surface area contributed by atoms with Crippen LogP contribution in [0, 0.1) is 0 Å². The van der Waals surface area contributed by atoms with Crippen LogP contribution in [-0.2, 0) is 10.0 Å². The van der Waals surface area contributed by atoms with Crippen molar-refractivity contribution in [1.82, 2.24) is 4.72 Å². The molecular formula is C7H13F2NO3S. The fraction of sp³-hybridized carbons (Fsp3) is 1.00. The lowest BCUT2D eigenvalue weighted by Crippen LogP contribution is -2.50. The average molecular weight is 229 g/mol. The van der Waals surface area contributed by atoms with Crippen LogP contribution in [0.4, 0.5) is 8.78 Å². The molecule has 0 aromatic rings. The Labute approximate surface area is 81.4 Å².